The molecular formula is C18H16F2N6OS. The van der Waals surface area contributed by atoms with Crippen LogP contribution in [0.3, 0.4) is 0 Å². The van der Waals surface area contributed by atoms with Gasteiger partial charge in [0.25, 0.3) is 11.8 Å². The topological polar surface area (TPSA) is 109 Å². The molecule has 0 aromatic carbocycles. The van der Waals surface area contributed by atoms with Crippen LogP contribution in [0.15, 0.2) is 29.9 Å². The highest BCUT2D eigenvalue weighted by atomic mass is 32.1. The fourth-order valence-electron chi connectivity index (χ4n) is 3.37. The van der Waals surface area contributed by atoms with Gasteiger partial charge in [0.05, 0.1) is 29.0 Å². The monoisotopic (exact) mass is 402 g/mol. The van der Waals surface area contributed by atoms with E-state index in [4.69, 9.17) is 11.0 Å². The minimum absolute atomic E-state index is 0.0689. The standard InChI is InChI=1S/C18H16F2N6OS/c19-18(20)4-1-2-12(22)15(18)25-16(27)17-24-13(9-28-17)11-8-23-26-5-3-10(7-21)6-14(11)26/h3,5-6,8-9,12,15H,1-2,4,22H2,(H,25,27)/t12-,15+/m0/s1. The lowest BCUT2D eigenvalue weighted by molar-refractivity contribution is -0.0674. The normalized spacial score (nSPS) is 21.4. The van der Waals surface area contributed by atoms with E-state index in [2.05, 4.69) is 21.5 Å². The lowest BCUT2D eigenvalue weighted by atomic mass is 9.87. The second-order valence-corrected chi connectivity index (χ2v) is 7.58. The summed E-state index contributed by atoms with van der Waals surface area (Å²) in [5.74, 6) is -3.71. The molecule has 1 fully saturated rings. The number of nitriles is 1. The molecule has 1 aliphatic rings. The Kier molecular flexibility index (Phi) is 4.56. The number of thiazole rings is 1. The molecule has 2 atom stereocenters. The molecule has 144 valence electrons. The fourth-order valence-corrected chi connectivity index (χ4v) is 4.09. The first-order valence-electron chi connectivity index (χ1n) is 8.67. The Morgan fingerprint density at radius 3 is 3.07 bits per heavy atom. The molecule has 4 rings (SSSR count). The van der Waals surface area contributed by atoms with Crippen LogP contribution >= 0.6 is 11.3 Å². The summed E-state index contributed by atoms with van der Waals surface area (Å²) in [6.07, 6.45) is 3.72. The molecule has 1 aliphatic carbocycles. The summed E-state index contributed by atoms with van der Waals surface area (Å²) in [7, 11) is 0. The molecule has 3 heterocycles. The van der Waals surface area contributed by atoms with Gasteiger partial charge in [-0.3, -0.25) is 4.79 Å². The van der Waals surface area contributed by atoms with Gasteiger partial charge in [-0.05, 0) is 25.0 Å². The maximum absolute atomic E-state index is 14.1. The molecule has 0 spiro atoms. The third-order valence-corrected chi connectivity index (χ3v) is 5.68. The molecule has 1 amide bonds. The van der Waals surface area contributed by atoms with E-state index >= 15 is 0 Å². The smallest absolute Gasteiger partial charge is 0.280 e. The summed E-state index contributed by atoms with van der Waals surface area (Å²) in [4.78, 5) is 16.8. The first kappa shape index (κ1) is 18.5. The maximum atomic E-state index is 14.1. The van der Waals surface area contributed by atoms with Crippen molar-refractivity contribution in [3.8, 4) is 17.3 Å². The number of hydrogen-bond donors (Lipinski definition) is 2. The van der Waals surface area contributed by atoms with E-state index in [9.17, 15) is 13.6 Å². The predicted molar refractivity (Wildman–Crippen MR) is 99.0 cm³/mol. The second kappa shape index (κ2) is 6.92. The SMILES string of the molecule is N#Cc1ccn2ncc(-c3csc(C(=O)N[C@@H]4[C@@H](N)CCCC4(F)F)n3)c2c1. The highest BCUT2D eigenvalue weighted by Gasteiger charge is 2.46. The Labute approximate surface area is 162 Å². The molecule has 28 heavy (non-hydrogen) atoms. The average Bonchev–Trinajstić information content (AvgIpc) is 3.30. The molecule has 1 saturated carbocycles. The lowest BCUT2D eigenvalue weighted by Crippen LogP contribution is -2.59. The number of rotatable bonds is 3. The number of amides is 1. The molecule has 3 N–H and O–H groups in total. The van der Waals surface area contributed by atoms with Crippen LogP contribution < -0.4 is 11.1 Å². The van der Waals surface area contributed by atoms with E-state index in [1.54, 1.807) is 34.4 Å². The van der Waals surface area contributed by atoms with Crippen molar-refractivity contribution in [2.45, 2.75) is 37.3 Å². The minimum Gasteiger partial charge on any atom is -0.340 e. The molecule has 0 unspecified atom stereocenters. The van der Waals surface area contributed by atoms with Crippen molar-refractivity contribution >= 4 is 22.8 Å². The summed E-state index contributed by atoms with van der Waals surface area (Å²) in [5, 5.41) is 17.4. The third kappa shape index (κ3) is 3.23. The zero-order chi connectivity index (χ0) is 19.9. The summed E-state index contributed by atoms with van der Waals surface area (Å²) in [6, 6.07) is 3.17. The largest absolute Gasteiger partial charge is 0.340 e. The van der Waals surface area contributed by atoms with Gasteiger partial charge in [0, 0.05) is 29.6 Å². The number of hydrogen-bond acceptors (Lipinski definition) is 6. The summed E-state index contributed by atoms with van der Waals surface area (Å²) >= 11 is 1.05. The Balaban J connectivity index is 1.59. The molecule has 3 aromatic rings. The summed E-state index contributed by atoms with van der Waals surface area (Å²) in [6.45, 7) is 0. The van der Waals surface area contributed by atoms with E-state index in [-0.39, 0.29) is 11.4 Å². The van der Waals surface area contributed by atoms with E-state index < -0.39 is 23.9 Å². The van der Waals surface area contributed by atoms with Crippen molar-refractivity contribution in [1.29, 1.82) is 5.26 Å². The molecule has 7 nitrogen and oxygen atoms in total. The van der Waals surface area contributed by atoms with Crippen molar-refractivity contribution in [2.75, 3.05) is 0 Å². The number of pyridine rings is 1. The van der Waals surface area contributed by atoms with Gasteiger partial charge in [0.1, 0.15) is 6.04 Å². The molecule has 10 heteroatoms. The van der Waals surface area contributed by atoms with E-state index in [1.807, 2.05) is 0 Å². The van der Waals surface area contributed by atoms with Crippen molar-refractivity contribution in [1.82, 2.24) is 19.9 Å². The van der Waals surface area contributed by atoms with Gasteiger partial charge in [0.15, 0.2) is 5.01 Å². The first-order valence-corrected chi connectivity index (χ1v) is 9.54. The van der Waals surface area contributed by atoms with Gasteiger partial charge >= 0.3 is 0 Å². The molecular weight excluding hydrogens is 386 g/mol. The van der Waals surface area contributed by atoms with Crippen LogP contribution in [0.4, 0.5) is 8.78 Å². The van der Waals surface area contributed by atoms with Crippen LogP contribution in [0, 0.1) is 11.3 Å². The molecule has 3 aromatic heterocycles. The summed E-state index contributed by atoms with van der Waals surface area (Å²) in [5.41, 5.74) is 8.07. The van der Waals surface area contributed by atoms with Gasteiger partial charge in [-0.25, -0.2) is 18.3 Å². The molecule has 0 bridgehead atoms. The molecule has 0 aliphatic heterocycles. The highest BCUT2D eigenvalue weighted by molar-refractivity contribution is 7.12. The van der Waals surface area contributed by atoms with Crippen LogP contribution in [0.5, 0.6) is 0 Å². The first-order chi connectivity index (χ1) is 13.4. The van der Waals surface area contributed by atoms with E-state index in [0.717, 1.165) is 11.3 Å². The number of halogens is 2. The summed E-state index contributed by atoms with van der Waals surface area (Å²) < 4.78 is 29.8. The van der Waals surface area contributed by atoms with Gasteiger partial charge in [-0.15, -0.1) is 11.3 Å². The Bertz CT molecular complexity index is 1090. The highest BCUT2D eigenvalue weighted by Crippen LogP contribution is 2.33. The Morgan fingerprint density at radius 2 is 2.32 bits per heavy atom. The average molecular weight is 402 g/mol. The Hall–Kier alpha value is -2.90. The molecule has 0 radical (unpaired) electrons. The number of nitrogens with one attached hydrogen (secondary N) is 1. The second-order valence-electron chi connectivity index (χ2n) is 6.72. The number of carbonyl (C=O) groups excluding carboxylic acids is 1. The fraction of sp³-hybridized carbons (Fsp3) is 0.333. The number of carbonyl (C=O) groups is 1. The Morgan fingerprint density at radius 1 is 1.50 bits per heavy atom. The number of alkyl halides is 2. The predicted octanol–water partition coefficient (Wildman–Crippen LogP) is 2.57. The number of nitrogens with zero attached hydrogens (tertiary/aromatic N) is 4. The van der Waals surface area contributed by atoms with E-state index in [0.29, 0.717) is 35.2 Å². The van der Waals surface area contributed by atoms with Gasteiger partial charge in [-0.1, -0.05) is 0 Å². The lowest BCUT2D eigenvalue weighted by Gasteiger charge is -2.36. The third-order valence-electron chi connectivity index (χ3n) is 4.84. The van der Waals surface area contributed by atoms with Crippen LogP contribution in [-0.4, -0.2) is 38.5 Å². The van der Waals surface area contributed by atoms with Gasteiger partial charge in [0.2, 0.25) is 0 Å². The van der Waals surface area contributed by atoms with Crippen LogP contribution in [0.25, 0.3) is 16.8 Å². The zero-order valence-electron chi connectivity index (χ0n) is 14.6. The van der Waals surface area contributed by atoms with Crippen LogP contribution in [0.2, 0.25) is 0 Å². The van der Waals surface area contributed by atoms with Crippen molar-refractivity contribution < 1.29 is 13.6 Å². The van der Waals surface area contributed by atoms with Gasteiger partial charge < -0.3 is 11.1 Å². The van der Waals surface area contributed by atoms with E-state index in [1.165, 1.54) is 0 Å². The van der Waals surface area contributed by atoms with Crippen molar-refractivity contribution in [3.05, 3.63) is 40.5 Å². The van der Waals surface area contributed by atoms with Crippen LogP contribution in [0.1, 0.15) is 34.6 Å². The number of nitrogens with two attached hydrogens (primary N) is 1. The van der Waals surface area contributed by atoms with Gasteiger partial charge in [-0.2, -0.15) is 10.4 Å². The van der Waals surface area contributed by atoms with Crippen molar-refractivity contribution in [3.63, 3.8) is 0 Å². The van der Waals surface area contributed by atoms with Crippen molar-refractivity contribution in [2.24, 2.45) is 5.73 Å². The minimum atomic E-state index is -3.04. The number of fused-ring (bicyclic) bond motifs is 1. The maximum Gasteiger partial charge on any atom is 0.280 e. The van der Waals surface area contributed by atoms with Crippen LogP contribution in [-0.2, 0) is 0 Å². The molecule has 0 saturated heterocycles. The quantitative estimate of drug-likeness (QED) is 0.700. The zero-order valence-corrected chi connectivity index (χ0v) is 15.4. The number of aromatic nitrogens is 3.